The Morgan fingerprint density at radius 1 is 1.23 bits per heavy atom. The van der Waals surface area contributed by atoms with E-state index in [1.165, 1.54) is 11.8 Å². The molecule has 0 spiro atoms. The van der Waals surface area contributed by atoms with Crippen LogP contribution in [0.3, 0.4) is 0 Å². The lowest BCUT2D eigenvalue weighted by Gasteiger charge is -2.10. The van der Waals surface area contributed by atoms with E-state index in [0.29, 0.717) is 28.8 Å². The second kappa shape index (κ2) is 10.8. The standard InChI is InChI=1S/C18H19ClN2O4S/c1-24-9-8-20-17(22)12-26-15-5-3-2-4-14(15)18(23)25-11-13-6-7-16(19)21-10-13/h2-7,10H,8-9,11-12H2,1H3,(H,20,22). The van der Waals surface area contributed by atoms with E-state index in [9.17, 15) is 9.59 Å². The first kappa shape index (κ1) is 20.2. The van der Waals surface area contributed by atoms with Crippen molar-refractivity contribution in [2.45, 2.75) is 11.5 Å². The minimum absolute atomic E-state index is 0.0967. The first-order valence-electron chi connectivity index (χ1n) is 7.85. The fourth-order valence-corrected chi connectivity index (χ4v) is 2.95. The summed E-state index contributed by atoms with van der Waals surface area (Å²) in [7, 11) is 1.57. The smallest absolute Gasteiger partial charge is 0.339 e. The average molecular weight is 395 g/mol. The first-order chi connectivity index (χ1) is 12.6. The maximum Gasteiger partial charge on any atom is 0.339 e. The van der Waals surface area contributed by atoms with Gasteiger partial charge in [-0.25, -0.2) is 9.78 Å². The van der Waals surface area contributed by atoms with Crippen LogP contribution in [0, 0.1) is 0 Å². The Hall–Kier alpha value is -2.09. The molecule has 0 bridgehead atoms. The summed E-state index contributed by atoms with van der Waals surface area (Å²) in [6, 6.07) is 10.4. The number of esters is 1. The molecule has 1 heterocycles. The first-order valence-corrected chi connectivity index (χ1v) is 9.21. The Kier molecular flexibility index (Phi) is 8.40. The molecular weight excluding hydrogens is 376 g/mol. The van der Waals surface area contributed by atoms with Gasteiger partial charge in [-0.1, -0.05) is 29.8 Å². The van der Waals surface area contributed by atoms with Crippen molar-refractivity contribution < 1.29 is 19.1 Å². The Balaban J connectivity index is 1.91. The van der Waals surface area contributed by atoms with Crippen LogP contribution in [0.5, 0.6) is 0 Å². The molecule has 0 saturated carbocycles. The summed E-state index contributed by atoms with van der Waals surface area (Å²) in [5, 5.41) is 3.12. The summed E-state index contributed by atoms with van der Waals surface area (Å²) in [5.74, 6) is -0.375. The summed E-state index contributed by atoms with van der Waals surface area (Å²) in [6.45, 7) is 1.01. The van der Waals surface area contributed by atoms with E-state index in [4.69, 9.17) is 21.1 Å². The maximum absolute atomic E-state index is 12.4. The highest BCUT2D eigenvalue weighted by Gasteiger charge is 2.14. The number of ether oxygens (including phenoxy) is 2. The number of benzene rings is 1. The number of nitrogens with zero attached hydrogens (tertiary/aromatic N) is 1. The SMILES string of the molecule is COCCNC(=O)CSc1ccccc1C(=O)OCc1ccc(Cl)nc1. The van der Waals surface area contributed by atoms with Gasteiger partial charge in [0.25, 0.3) is 0 Å². The predicted molar refractivity (Wildman–Crippen MR) is 100 cm³/mol. The van der Waals surface area contributed by atoms with Gasteiger partial charge < -0.3 is 14.8 Å². The molecule has 0 fully saturated rings. The molecule has 0 radical (unpaired) electrons. The highest BCUT2D eigenvalue weighted by Crippen LogP contribution is 2.23. The average Bonchev–Trinajstić information content (AvgIpc) is 2.66. The van der Waals surface area contributed by atoms with Gasteiger partial charge in [-0.05, 0) is 18.2 Å². The molecule has 6 nitrogen and oxygen atoms in total. The zero-order valence-electron chi connectivity index (χ0n) is 14.2. The van der Waals surface area contributed by atoms with Gasteiger partial charge >= 0.3 is 5.97 Å². The molecule has 1 aromatic heterocycles. The predicted octanol–water partition coefficient (Wildman–Crippen LogP) is 2.95. The van der Waals surface area contributed by atoms with E-state index in [1.54, 1.807) is 43.6 Å². The van der Waals surface area contributed by atoms with Crippen LogP contribution in [0.2, 0.25) is 5.15 Å². The Bertz CT molecular complexity index is 740. The number of carbonyl (C=O) groups is 2. The van der Waals surface area contributed by atoms with Crippen LogP contribution in [0.15, 0.2) is 47.5 Å². The van der Waals surface area contributed by atoms with Gasteiger partial charge in [0.05, 0.1) is 17.9 Å². The molecule has 1 aromatic carbocycles. The van der Waals surface area contributed by atoms with Crippen molar-refractivity contribution in [1.29, 1.82) is 0 Å². The van der Waals surface area contributed by atoms with E-state index in [2.05, 4.69) is 10.3 Å². The summed E-state index contributed by atoms with van der Waals surface area (Å²) < 4.78 is 10.2. The Morgan fingerprint density at radius 2 is 2.04 bits per heavy atom. The molecule has 0 aliphatic heterocycles. The molecule has 2 rings (SSSR count). The lowest BCUT2D eigenvalue weighted by Crippen LogP contribution is -2.28. The monoisotopic (exact) mass is 394 g/mol. The van der Waals surface area contributed by atoms with Gasteiger partial charge in [-0.15, -0.1) is 11.8 Å². The van der Waals surface area contributed by atoms with Crippen LogP contribution in [-0.2, 0) is 20.9 Å². The lowest BCUT2D eigenvalue weighted by molar-refractivity contribution is -0.118. The van der Waals surface area contributed by atoms with Gasteiger partial charge in [0.2, 0.25) is 5.91 Å². The lowest BCUT2D eigenvalue weighted by atomic mass is 10.2. The number of aromatic nitrogens is 1. The Morgan fingerprint density at radius 3 is 2.77 bits per heavy atom. The van der Waals surface area contributed by atoms with Crippen LogP contribution in [0.4, 0.5) is 0 Å². The number of amides is 1. The second-order valence-electron chi connectivity index (χ2n) is 5.19. The molecule has 0 atom stereocenters. The molecule has 1 N–H and O–H groups in total. The third-order valence-electron chi connectivity index (χ3n) is 3.25. The highest BCUT2D eigenvalue weighted by atomic mass is 35.5. The number of carbonyl (C=O) groups excluding carboxylic acids is 2. The number of nitrogens with one attached hydrogen (secondary N) is 1. The minimum Gasteiger partial charge on any atom is -0.457 e. The maximum atomic E-state index is 12.4. The van der Waals surface area contributed by atoms with Gasteiger partial charge in [-0.3, -0.25) is 4.79 Å². The van der Waals surface area contributed by atoms with E-state index in [0.717, 1.165) is 5.56 Å². The van der Waals surface area contributed by atoms with E-state index in [1.807, 2.05) is 6.07 Å². The molecule has 0 aliphatic carbocycles. The summed E-state index contributed by atoms with van der Waals surface area (Å²) in [4.78, 5) is 28.8. The third-order valence-corrected chi connectivity index (χ3v) is 4.55. The van der Waals surface area contributed by atoms with Gasteiger partial charge in [0, 0.05) is 30.3 Å². The molecule has 0 saturated heterocycles. The number of hydrogen-bond acceptors (Lipinski definition) is 6. The van der Waals surface area contributed by atoms with Crippen molar-refractivity contribution in [2.24, 2.45) is 0 Å². The molecule has 1 amide bonds. The van der Waals surface area contributed by atoms with Crippen LogP contribution in [-0.4, -0.2) is 42.9 Å². The largest absolute Gasteiger partial charge is 0.457 e. The molecule has 8 heteroatoms. The zero-order valence-corrected chi connectivity index (χ0v) is 15.8. The van der Waals surface area contributed by atoms with Crippen LogP contribution < -0.4 is 5.32 Å². The van der Waals surface area contributed by atoms with Crippen molar-refractivity contribution in [1.82, 2.24) is 10.3 Å². The van der Waals surface area contributed by atoms with Crippen LogP contribution in [0.1, 0.15) is 15.9 Å². The normalized spacial score (nSPS) is 10.4. The number of methoxy groups -OCH3 is 1. The highest BCUT2D eigenvalue weighted by molar-refractivity contribution is 8.00. The van der Waals surface area contributed by atoms with Gasteiger partial charge in [0.1, 0.15) is 11.8 Å². The zero-order chi connectivity index (χ0) is 18.8. The van der Waals surface area contributed by atoms with E-state index >= 15 is 0 Å². The third kappa shape index (κ3) is 6.67. The molecule has 0 unspecified atom stereocenters. The van der Waals surface area contributed by atoms with Gasteiger partial charge in [0.15, 0.2) is 0 Å². The molecule has 0 aliphatic rings. The summed E-state index contributed by atoms with van der Waals surface area (Å²) in [6.07, 6.45) is 1.56. The van der Waals surface area contributed by atoms with E-state index < -0.39 is 5.97 Å². The number of pyridine rings is 1. The van der Waals surface area contributed by atoms with Crippen molar-refractivity contribution in [2.75, 3.05) is 26.0 Å². The quantitative estimate of drug-likeness (QED) is 0.305. The van der Waals surface area contributed by atoms with Crippen molar-refractivity contribution in [3.05, 3.63) is 58.9 Å². The molecule has 2 aromatic rings. The minimum atomic E-state index is -0.456. The number of rotatable bonds is 9. The van der Waals surface area contributed by atoms with Gasteiger partial charge in [-0.2, -0.15) is 0 Å². The molecule has 138 valence electrons. The van der Waals surface area contributed by atoms with E-state index in [-0.39, 0.29) is 18.3 Å². The Labute approximate surface area is 161 Å². The van der Waals surface area contributed by atoms with Crippen LogP contribution in [0.25, 0.3) is 0 Å². The van der Waals surface area contributed by atoms with Crippen molar-refractivity contribution in [3.8, 4) is 0 Å². The summed E-state index contributed by atoms with van der Waals surface area (Å²) in [5.41, 5.74) is 1.16. The fraction of sp³-hybridized carbons (Fsp3) is 0.278. The molecule has 26 heavy (non-hydrogen) atoms. The second-order valence-corrected chi connectivity index (χ2v) is 6.60. The number of hydrogen-bond donors (Lipinski definition) is 1. The molecular formula is C18H19ClN2O4S. The van der Waals surface area contributed by atoms with Crippen LogP contribution >= 0.6 is 23.4 Å². The fourth-order valence-electron chi connectivity index (χ4n) is 1.97. The number of halogens is 1. The van der Waals surface area contributed by atoms with Crippen molar-refractivity contribution >= 4 is 35.2 Å². The van der Waals surface area contributed by atoms with Crippen molar-refractivity contribution in [3.63, 3.8) is 0 Å². The number of thioether (sulfide) groups is 1. The summed E-state index contributed by atoms with van der Waals surface area (Å²) >= 11 is 7.01. The topological polar surface area (TPSA) is 77.5 Å².